The summed E-state index contributed by atoms with van der Waals surface area (Å²) in [7, 11) is 0. The average molecular weight is 283 g/mol. The quantitative estimate of drug-likeness (QED) is 0.856. The fourth-order valence-corrected chi connectivity index (χ4v) is 1.70. The zero-order chi connectivity index (χ0) is 14.0. The molecule has 1 heterocycles. The number of halogens is 3. The van der Waals surface area contributed by atoms with Crippen LogP contribution >= 0.6 is 11.6 Å². The van der Waals surface area contributed by atoms with E-state index in [2.05, 4.69) is 10.3 Å². The lowest BCUT2D eigenvalue weighted by Crippen LogP contribution is -2.14. The van der Waals surface area contributed by atoms with Crippen molar-refractivity contribution in [1.82, 2.24) is 4.98 Å². The summed E-state index contributed by atoms with van der Waals surface area (Å²) < 4.78 is 26.5. The number of carbonyl (C=O) groups is 1. The van der Waals surface area contributed by atoms with Crippen LogP contribution in [0.5, 0.6) is 0 Å². The summed E-state index contributed by atoms with van der Waals surface area (Å²) >= 11 is 5.70. The number of anilines is 1. The normalized spacial score (nSPS) is 10.3. The van der Waals surface area contributed by atoms with Crippen molar-refractivity contribution in [2.24, 2.45) is 0 Å². The van der Waals surface area contributed by atoms with Gasteiger partial charge in [-0.2, -0.15) is 0 Å². The van der Waals surface area contributed by atoms with E-state index in [0.717, 1.165) is 17.8 Å². The van der Waals surface area contributed by atoms with Crippen LogP contribution in [-0.4, -0.2) is 10.9 Å². The molecule has 2 aromatic rings. The maximum atomic E-state index is 13.5. The second-order valence-electron chi connectivity index (χ2n) is 3.93. The van der Waals surface area contributed by atoms with E-state index < -0.39 is 17.5 Å². The topological polar surface area (TPSA) is 42.0 Å². The number of benzene rings is 1. The third-order valence-electron chi connectivity index (χ3n) is 2.42. The lowest BCUT2D eigenvalue weighted by atomic mass is 10.2. The average Bonchev–Trinajstić information content (AvgIpc) is 2.36. The number of hydrogen-bond acceptors (Lipinski definition) is 2. The number of carbonyl (C=O) groups excluding carboxylic acids is 1. The van der Waals surface area contributed by atoms with Gasteiger partial charge in [-0.1, -0.05) is 17.7 Å². The van der Waals surface area contributed by atoms with Crippen LogP contribution in [0.2, 0.25) is 5.15 Å². The Kier molecular flexibility index (Phi) is 3.76. The van der Waals surface area contributed by atoms with Gasteiger partial charge < -0.3 is 5.32 Å². The first kappa shape index (κ1) is 13.4. The van der Waals surface area contributed by atoms with Crippen LogP contribution in [0.4, 0.5) is 14.5 Å². The molecule has 1 N–H and O–H groups in total. The predicted octanol–water partition coefficient (Wildman–Crippen LogP) is 3.57. The molecular formula is C13H9ClF2N2O. The van der Waals surface area contributed by atoms with Crippen molar-refractivity contribution < 1.29 is 13.6 Å². The van der Waals surface area contributed by atoms with E-state index in [1.807, 2.05) is 0 Å². The summed E-state index contributed by atoms with van der Waals surface area (Å²) in [5.41, 5.74) is 0.632. The molecule has 0 saturated carbocycles. The molecule has 98 valence electrons. The van der Waals surface area contributed by atoms with Crippen molar-refractivity contribution in [1.29, 1.82) is 0 Å². The van der Waals surface area contributed by atoms with E-state index in [0.29, 0.717) is 0 Å². The Morgan fingerprint density at radius 3 is 2.79 bits per heavy atom. The highest BCUT2D eigenvalue weighted by molar-refractivity contribution is 6.33. The van der Waals surface area contributed by atoms with Crippen LogP contribution in [0.1, 0.15) is 15.9 Å². The summed E-state index contributed by atoms with van der Waals surface area (Å²) in [5, 5.41) is 2.18. The molecule has 0 aliphatic carbocycles. The van der Waals surface area contributed by atoms with E-state index in [1.54, 1.807) is 13.0 Å². The standard InChI is InChI=1S/C13H9ClF2N2O/c1-7-2-3-10(16)11(4-7)18-13(19)9-5-8(15)6-17-12(9)14/h2-6H,1H3,(H,18,19). The van der Waals surface area contributed by atoms with Crippen LogP contribution in [0.25, 0.3) is 0 Å². The molecule has 0 unspecified atom stereocenters. The molecule has 0 aliphatic heterocycles. The maximum absolute atomic E-state index is 13.5. The van der Waals surface area contributed by atoms with Crippen molar-refractivity contribution in [2.75, 3.05) is 5.32 Å². The minimum absolute atomic E-state index is 0.00493. The Morgan fingerprint density at radius 1 is 1.32 bits per heavy atom. The molecule has 0 atom stereocenters. The number of hydrogen-bond donors (Lipinski definition) is 1. The number of aromatic nitrogens is 1. The molecule has 1 amide bonds. The zero-order valence-corrected chi connectivity index (χ0v) is 10.6. The van der Waals surface area contributed by atoms with Crippen LogP contribution < -0.4 is 5.32 Å². The maximum Gasteiger partial charge on any atom is 0.258 e. The Morgan fingerprint density at radius 2 is 2.05 bits per heavy atom. The Labute approximate surface area is 113 Å². The Hall–Kier alpha value is -2.01. The molecule has 0 aliphatic rings. The molecule has 2 rings (SSSR count). The van der Waals surface area contributed by atoms with Gasteiger partial charge in [-0.3, -0.25) is 4.79 Å². The molecule has 19 heavy (non-hydrogen) atoms. The second-order valence-corrected chi connectivity index (χ2v) is 4.29. The number of aryl methyl sites for hydroxylation is 1. The Bertz CT molecular complexity index is 647. The van der Waals surface area contributed by atoms with Crippen LogP contribution in [0.3, 0.4) is 0 Å². The second kappa shape index (κ2) is 5.32. The van der Waals surface area contributed by atoms with Gasteiger partial charge in [0.25, 0.3) is 5.91 Å². The van der Waals surface area contributed by atoms with Gasteiger partial charge in [-0.05, 0) is 30.7 Å². The van der Waals surface area contributed by atoms with Gasteiger partial charge in [0.1, 0.15) is 16.8 Å². The van der Waals surface area contributed by atoms with Crippen molar-refractivity contribution in [3.8, 4) is 0 Å². The van der Waals surface area contributed by atoms with Crippen LogP contribution in [0.15, 0.2) is 30.5 Å². The number of amides is 1. The highest BCUT2D eigenvalue weighted by atomic mass is 35.5. The minimum Gasteiger partial charge on any atom is -0.319 e. The van der Waals surface area contributed by atoms with Crippen molar-refractivity contribution in [3.63, 3.8) is 0 Å². The monoisotopic (exact) mass is 282 g/mol. The molecule has 6 heteroatoms. The van der Waals surface area contributed by atoms with Crippen molar-refractivity contribution >= 4 is 23.2 Å². The molecule has 0 radical (unpaired) electrons. The molecule has 1 aromatic heterocycles. The summed E-state index contributed by atoms with van der Waals surface area (Å²) in [6.45, 7) is 1.76. The SMILES string of the molecule is Cc1ccc(F)c(NC(=O)c2cc(F)cnc2Cl)c1. The first-order valence-corrected chi connectivity index (χ1v) is 5.73. The van der Waals surface area contributed by atoms with Gasteiger partial charge in [0, 0.05) is 0 Å². The minimum atomic E-state index is -0.721. The predicted molar refractivity (Wildman–Crippen MR) is 68.3 cm³/mol. The number of rotatable bonds is 2. The van der Waals surface area contributed by atoms with Gasteiger partial charge in [0.15, 0.2) is 0 Å². The number of pyridine rings is 1. The number of nitrogens with one attached hydrogen (secondary N) is 1. The summed E-state index contributed by atoms with van der Waals surface area (Å²) in [6.07, 6.45) is 0.895. The van der Waals surface area contributed by atoms with Gasteiger partial charge in [-0.25, -0.2) is 13.8 Å². The first-order chi connectivity index (χ1) is 8.97. The molecule has 0 bridgehead atoms. The van der Waals surface area contributed by atoms with Gasteiger partial charge >= 0.3 is 0 Å². The lowest BCUT2D eigenvalue weighted by molar-refractivity contribution is 0.102. The summed E-state index contributed by atoms with van der Waals surface area (Å²) in [5.74, 6) is -2.00. The van der Waals surface area contributed by atoms with E-state index in [1.165, 1.54) is 12.1 Å². The fraction of sp³-hybridized carbons (Fsp3) is 0.0769. The molecule has 0 fully saturated rings. The summed E-state index contributed by atoms with van der Waals surface area (Å²) in [4.78, 5) is 15.4. The molecule has 0 spiro atoms. The number of nitrogens with zero attached hydrogens (tertiary/aromatic N) is 1. The van der Waals surface area contributed by atoms with Crippen molar-refractivity contribution in [3.05, 3.63) is 58.4 Å². The molecule has 0 saturated heterocycles. The Balaban J connectivity index is 2.30. The van der Waals surface area contributed by atoms with Gasteiger partial charge in [0.2, 0.25) is 0 Å². The largest absolute Gasteiger partial charge is 0.319 e. The van der Waals surface area contributed by atoms with Crippen LogP contribution in [-0.2, 0) is 0 Å². The smallest absolute Gasteiger partial charge is 0.258 e. The van der Waals surface area contributed by atoms with Crippen molar-refractivity contribution in [2.45, 2.75) is 6.92 Å². The molecule has 1 aromatic carbocycles. The van der Waals surface area contributed by atoms with E-state index in [-0.39, 0.29) is 16.4 Å². The highest BCUT2D eigenvalue weighted by Gasteiger charge is 2.14. The fourth-order valence-electron chi connectivity index (χ4n) is 1.51. The van der Waals surface area contributed by atoms with E-state index >= 15 is 0 Å². The third kappa shape index (κ3) is 3.06. The first-order valence-electron chi connectivity index (χ1n) is 5.36. The van der Waals surface area contributed by atoms with E-state index in [4.69, 9.17) is 11.6 Å². The summed E-state index contributed by atoms with van der Waals surface area (Å²) in [6, 6.07) is 5.21. The lowest BCUT2D eigenvalue weighted by Gasteiger charge is -2.08. The molecule has 3 nitrogen and oxygen atoms in total. The van der Waals surface area contributed by atoms with E-state index in [9.17, 15) is 13.6 Å². The van der Waals surface area contributed by atoms with Gasteiger partial charge in [-0.15, -0.1) is 0 Å². The third-order valence-corrected chi connectivity index (χ3v) is 2.72. The molecular weight excluding hydrogens is 274 g/mol. The van der Waals surface area contributed by atoms with Crippen LogP contribution in [0, 0.1) is 18.6 Å². The zero-order valence-electron chi connectivity index (χ0n) is 9.88. The highest BCUT2D eigenvalue weighted by Crippen LogP contribution is 2.19. The van der Waals surface area contributed by atoms with Gasteiger partial charge in [0.05, 0.1) is 17.4 Å².